The van der Waals surface area contributed by atoms with Gasteiger partial charge in [-0.25, -0.2) is 4.39 Å². The highest BCUT2D eigenvalue weighted by molar-refractivity contribution is 4.89. The lowest BCUT2D eigenvalue weighted by atomic mass is 10.2. The third-order valence-electron chi connectivity index (χ3n) is 0.616. The van der Waals surface area contributed by atoms with Crippen LogP contribution in [-0.4, -0.2) is 0 Å². The van der Waals surface area contributed by atoms with E-state index in [4.69, 9.17) is 0 Å². The van der Waals surface area contributed by atoms with Crippen molar-refractivity contribution in [3.63, 3.8) is 0 Å². The van der Waals surface area contributed by atoms with Gasteiger partial charge in [0.25, 0.3) is 0 Å². The Labute approximate surface area is 49.7 Å². The number of hydrogen-bond acceptors (Lipinski definition) is 0. The van der Waals surface area contributed by atoms with E-state index in [2.05, 4.69) is 5.73 Å². The SMILES string of the molecule is CC(F)=C=CC(C)C. The van der Waals surface area contributed by atoms with Crippen molar-refractivity contribution in [2.24, 2.45) is 5.92 Å². The molecule has 0 saturated carbocycles. The third-order valence-corrected chi connectivity index (χ3v) is 0.616. The quantitative estimate of drug-likeness (QED) is 0.460. The minimum absolute atomic E-state index is 0.251. The van der Waals surface area contributed by atoms with E-state index < -0.39 is 0 Å². The van der Waals surface area contributed by atoms with Crippen molar-refractivity contribution < 1.29 is 4.39 Å². The second-order valence-electron chi connectivity index (χ2n) is 2.09. The minimum Gasteiger partial charge on any atom is -0.203 e. The zero-order chi connectivity index (χ0) is 6.57. The fraction of sp³-hybridized carbons (Fsp3) is 0.571. The van der Waals surface area contributed by atoms with Crippen molar-refractivity contribution in [3.05, 3.63) is 17.6 Å². The van der Waals surface area contributed by atoms with Crippen LogP contribution < -0.4 is 0 Å². The summed E-state index contributed by atoms with van der Waals surface area (Å²) in [6.07, 6.45) is 1.70. The minimum atomic E-state index is -0.251. The molecule has 0 aliphatic heterocycles. The maximum atomic E-state index is 11.8. The second-order valence-corrected chi connectivity index (χ2v) is 2.09. The molecule has 0 rings (SSSR count). The molecule has 46 valence electrons. The number of allylic oxidation sites excluding steroid dienone is 1. The lowest BCUT2D eigenvalue weighted by Crippen LogP contribution is -1.73. The highest BCUT2D eigenvalue weighted by atomic mass is 19.1. The van der Waals surface area contributed by atoms with Gasteiger partial charge in [-0.3, -0.25) is 0 Å². The van der Waals surface area contributed by atoms with Gasteiger partial charge in [-0.05, 0) is 18.9 Å². The van der Waals surface area contributed by atoms with Crippen molar-refractivity contribution in [2.75, 3.05) is 0 Å². The smallest absolute Gasteiger partial charge is 0.138 e. The molecule has 0 aromatic carbocycles. The summed E-state index contributed by atoms with van der Waals surface area (Å²) in [4.78, 5) is 0. The summed E-state index contributed by atoms with van der Waals surface area (Å²) in [6.45, 7) is 5.35. The lowest BCUT2D eigenvalue weighted by molar-refractivity contribution is 0.641. The van der Waals surface area contributed by atoms with Crippen LogP contribution in [-0.2, 0) is 0 Å². The summed E-state index contributed by atoms with van der Waals surface area (Å²) >= 11 is 0. The van der Waals surface area contributed by atoms with E-state index in [-0.39, 0.29) is 5.83 Å². The first-order valence-corrected chi connectivity index (χ1v) is 2.72. The van der Waals surface area contributed by atoms with E-state index in [1.54, 1.807) is 6.08 Å². The van der Waals surface area contributed by atoms with Crippen LogP contribution >= 0.6 is 0 Å². The molecule has 0 radical (unpaired) electrons. The first kappa shape index (κ1) is 7.45. The monoisotopic (exact) mass is 114 g/mol. The van der Waals surface area contributed by atoms with E-state index in [1.807, 2.05) is 13.8 Å². The molecule has 0 nitrogen and oxygen atoms in total. The molecule has 0 aliphatic rings. The molecule has 0 amide bonds. The van der Waals surface area contributed by atoms with Crippen molar-refractivity contribution in [3.8, 4) is 0 Å². The van der Waals surface area contributed by atoms with Gasteiger partial charge in [-0.1, -0.05) is 19.6 Å². The molecule has 0 aliphatic carbocycles. The number of rotatable bonds is 1. The molecule has 0 aromatic heterocycles. The maximum absolute atomic E-state index is 11.8. The summed E-state index contributed by atoms with van der Waals surface area (Å²) in [7, 11) is 0. The Morgan fingerprint density at radius 2 is 2.12 bits per heavy atom. The zero-order valence-corrected chi connectivity index (χ0v) is 5.53. The molecule has 0 fully saturated rings. The van der Waals surface area contributed by atoms with Crippen LogP contribution in [0.1, 0.15) is 20.8 Å². The lowest BCUT2D eigenvalue weighted by Gasteiger charge is -1.85. The molecular formula is C7H11F. The van der Waals surface area contributed by atoms with Crippen LogP contribution in [0.5, 0.6) is 0 Å². The zero-order valence-electron chi connectivity index (χ0n) is 5.53. The average molecular weight is 114 g/mol. The highest BCUT2D eigenvalue weighted by Gasteiger charge is 1.80. The Bertz CT molecular complexity index is 112. The fourth-order valence-electron chi connectivity index (χ4n) is 0.281. The van der Waals surface area contributed by atoms with E-state index >= 15 is 0 Å². The molecule has 1 heteroatoms. The first-order chi connectivity index (χ1) is 3.63. The maximum Gasteiger partial charge on any atom is 0.138 e. The molecule has 0 heterocycles. The van der Waals surface area contributed by atoms with Crippen LogP contribution in [0.2, 0.25) is 0 Å². The van der Waals surface area contributed by atoms with Gasteiger partial charge in [0.15, 0.2) is 0 Å². The highest BCUT2D eigenvalue weighted by Crippen LogP contribution is 1.94. The van der Waals surface area contributed by atoms with Crippen LogP contribution in [0, 0.1) is 5.92 Å². The molecule has 0 atom stereocenters. The van der Waals surface area contributed by atoms with E-state index in [1.165, 1.54) is 6.92 Å². The van der Waals surface area contributed by atoms with Crippen molar-refractivity contribution in [1.82, 2.24) is 0 Å². The summed E-state index contributed by atoms with van der Waals surface area (Å²) in [5.41, 5.74) is 2.47. The molecule has 0 saturated heterocycles. The molecule has 0 N–H and O–H groups in total. The van der Waals surface area contributed by atoms with Crippen LogP contribution in [0.15, 0.2) is 17.6 Å². The number of hydrogen-bond donors (Lipinski definition) is 0. The third kappa shape index (κ3) is 5.45. The van der Waals surface area contributed by atoms with Gasteiger partial charge in [0.2, 0.25) is 0 Å². The molecule has 0 spiro atoms. The summed E-state index contributed by atoms with van der Waals surface area (Å²) < 4.78 is 11.8. The number of halogens is 1. The molecular weight excluding hydrogens is 103 g/mol. The van der Waals surface area contributed by atoms with Crippen molar-refractivity contribution in [2.45, 2.75) is 20.8 Å². The molecule has 0 unspecified atom stereocenters. The Morgan fingerprint density at radius 1 is 1.62 bits per heavy atom. The van der Waals surface area contributed by atoms with Gasteiger partial charge < -0.3 is 0 Å². The molecule has 0 bridgehead atoms. The van der Waals surface area contributed by atoms with E-state index in [0.29, 0.717) is 5.92 Å². The Balaban J connectivity index is 3.82. The van der Waals surface area contributed by atoms with Gasteiger partial charge in [0, 0.05) is 0 Å². The summed E-state index contributed by atoms with van der Waals surface area (Å²) in [5.74, 6) is 0.138. The first-order valence-electron chi connectivity index (χ1n) is 2.72. The normalized spacial score (nSPS) is 8.62. The summed E-state index contributed by atoms with van der Waals surface area (Å²) in [6, 6.07) is 0. The second kappa shape index (κ2) is 3.45. The van der Waals surface area contributed by atoms with E-state index in [9.17, 15) is 4.39 Å². The standard InChI is InChI=1S/C7H11F/c1-6(2)4-5-7(3)8/h4,6H,1-3H3. The predicted molar refractivity (Wildman–Crippen MR) is 33.2 cm³/mol. The van der Waals surface area contributed by atoms with Crippen molar-refractivity contribution in [1.29, 1.82) is 0 Å². The van der Waals surface area contributed by atoms with Crippen LogP contribution in [0.3, 0.4) is 0 Å². The van der Waals surface area contributed by atoms with Gasteiger partial charge >= 0.3 is 0 Å². The fourth-order valence-corrected chi connectivity index (χ4v) is 0.281. The van der Waals surface area contributed by atoms with E-state index in [0.717, 1.165) is 0 Å². The van der Waals surface area contributed by atoms with Gasteiger partial charge in [0.1, 0.15) is 5.83 Å². The Hall–Kier alpha value is -0.550. The predicted octanol–water partition coefficient (Wildman–Crippen LogP) is 2.67. The average Bonchev–Trinajstić information content (AvgIpc) is 1.61. The van der Waals surface area contributed by atoms with Gasteiger partial charge in [-0.15, -0.1) is 0 Å². The van der Waals surface area contributed by atoms with Crippen LogP contribution in [0.25, 0.3) is 0 Å². The largest absolute Gasteiger partial charge is 0.203 e. The van der Waals surface area contributed by atoms with Gasteiger partial charge in [-0.2, -0.15) is 0 Å². The Morgan fingerprint density at radius 3 is 2.25 bits per heavy atom. The summed E-state index contributed by atoms with van der Waals surface area (Å²) in [5, 5.41) is 0. The van der Waals surface area contributed by atoms with Crippen LogP contribution in [0.4, 0.5) is 4.39 Å². The molecule has 8 heavy (non-hydrogen) atoms. The molecule has 0 aromatic rings. The Kier molecular flexibility index (Phi) is 3.21. The van der Waals surface area contributed by atoms with Crippen molar-refractivity contribution >= 4 is 0 Å². The topological polar surface area (TPSA) is 0 Å². The van der Waals surface area contributed by atoms with Gasteiger partial charge in [0.05, 0.1) is 0 Å².